The number of ether oxygens (including phenoxy) is 1. The largest absolute Gasteiger partial charge is 0.469 e. The first-order valence-corrected chi connectivity index (χ1v) is 10.2. The van der Waals surface area contributed by atoms with Crippen molar-refractivity contribution in [3.05, 3.63) is 46.3 Å². The van der Waals surface area contributed by atoms with Crippen molar-refractivity contribution in [1.29, 1.82) is 0 Å². The highest BCUT2D eigenvalue weighted by Gasteiger charge is 2.16. The second-order valence-electron chi connectivity index (χ2n) is 6.90. The SMILES string of the molecule is COC(=O)CCC(=O)Cl.Cn1c(=O)oc2ccc(CNC(=O)c3ncnc4c(N)n[nH]c34)cc21. The second-order valence-corrected chi connectivity index (χ2v) is 7.32. The van der Waals surface area contributed by atoms with Crippen LogP contribution < -0.4 is 16.8 Å². The van der Waals surface area contributed by atoms with Gasteiger partial charge in [-0.3, -0.25) is 24.0 Å². The van der Waals surface area contributed by atoms with Gasteiger partial charge in [-0.15, -0.1) is 0 Å². The second kappa shape index (κ2) is 10.6. The number of esters is 1. The van der Waals surface area contributed by atoms with Gasteiger partial charge in [0.05, 0.1) is 19.0 Å². The lowest BCUT2D eigenvalue weighted by Crippen LogP contribution is -2.24. The lowest BCUT2D eigenvalue weighted by molar-refractivity contribution is -0.141. The first-order chi connectivity index (χ1) is 16.2. The predicted octanol–water partition coefficient (Wildman–Crippen LogP) is 1.02. The van der Waals surface area contributed by atoms with Crippen LogP contribution in [0.25, 0.3) is 22.1 Å². The molecule has 0 radical (unpaired) electrons. The highest BCUT2D eigenvalue weighted by molar-refractivity contribution is 6.63. The van der Waals surface area contributed by atoms with Crippen molar-refractivity contribution in [3.63, 3.8) is 0 Å². The Morgan fingerprint density at radius 1 is 1.26 bits per heavy atom. The summed E-state index contributed by atoms with van der Waals surface area (Å²) in [6.07, 6.45) is 1.38. The molecule has 3 heterocycles. The highest BCUT2D eigenvalue weighted by Crippen LogP contribution is 2.17. The minimum atomic E-state index is -0.514. The van der Waals surface area contributed by atoms with Crippen molar-refractivity contribution in [1.82, 2.24) is 30.0 Å². The average Bonchev–Trinajstić information content (AvgIpc) is 3.35. The number of oxazole rings is 1. The Kier molecular flexibility index (Phi) is 7.58. The Bertz CT molecular complexity index is 1420. The molecule has 0 aliphatic heterocycles. The van der Waals surface area contributed by atoms with E-state index in [1.54, 1.807) is 25.2 Å². The van der Waals surface area contributed by atoms with Gasteiger partial charge in [-0.2, -0.15) is 5.10 Å². The Balaban J connectivity index is 0.000000309. The van der Waals surface area contributed by atoms with Gasteiger partial charge < -0.3 is 20.2 Å². The van der Waals surface area contributed by atoms with E-state index in [1.807, 2.05) is 0 Å². The van der Waals surface area contributed by atoms with Gasteiger partial charge in [0.15, 0.2) is 17.1 Å². The molecule has 0 saturated carbocycles. The average molecular weight is 490 g/mol. The fraction of sp³-hybridized carbons (Fsp3) is 0.250. The zero-order valence-electron chi connectivity index (χ0n) is 18.1. The quantitative estimate of drug-likeness (QED) is 0.260. The van der Waals surface area contributed by atoms with Crippen LogP contribution in [0, 0.1) is 0 Å². The molecule has 0 unspecified atom stereocenters. The molecule has 3 aromatic heterocycles. The lowest BCUT2D eigenvalue weighted by atomic mass is 10.2. The molecule has 13 nitrogen and oxygen atoms in total. The monoisotopic (exact) mass is 489 g/mol. The summed E-state index contributed by atoms with van der Waals surface area (Å²) >= 11 is 4.93. The number of rotatable bonds is 6. The van der Waals surface area contributed by atoms with Crippen molar-refractivity contribution in [2.45, 2.75) is 19.4 Å². The third kappa shape index (κ3) is 5.56. The number of benzene rings is 1. The molecule has 4 rings (SSSR count). The summed E-state index contributed by atoms with van der Waals surface area (Å²) in [5, 5.41) is 8.75. The molecule has 1 aromatic carbocycles. The van der Waals surface area contributed by atoms with Crippen molar-refractivity contribution in [3.8, 4) is 0 Å². The van der Waals surface area contributed by atoms with Gasteiger partial charge in [0.2, 0.25) is 5.24 Å². The van der Waals surface area contributed by atoms with Crippen LogP contribution in [0.1, 0.15) is 28.9 Å². The number of nitrogens with zero attached hydrogens (tertiary/aromatic N) is 4. The summed E-state index contributed by atoms with van der Waals surface area (Å²) in [5.41, 5.74) is 8.57. The summed E-state index contributed by atoms with van der Waals surface area (Å²) in [7, 11) is 2.89. The van der Waals surface area contributed by atoms with Crippen molar-refractivity contribution in [2.75, 3.05) is 12.8 Å². The van der Waals surface area contributed by atoms with Crippen LogP contribution in [0.2, 0.25) is 0 Å². The number of fused-ring (bicyclic) bond motifs is 2. The normalized spacial score (nSPS) is 10.6. The first kappa shape index (κ1) is 24.4. The van der Waals surface area contributed by atoms with Crippen LogP contribution >= 0.6 is 11.6 Å². The van der Waals surface area contributed by atoms with E-state index in [0.29, 0.717) is 22.1 Å². The number of nitrogens with two attached hydrogens (primary N) is 1. The summed E-state index contributed by atoms with van der Waals surface area (Å²) in [6, 6.07) is 5.25. The van der Waals surface area contributed by atoms with Gasteiger partial charge in [0, 0.05) is 20.0 Å². The minimum Gasteiger partial charge on any atom is -0.469 e. The van der Waals surface area contributed by atoms with Gasteiger partial charge in [-0.1, -0.05) is 6.07 Å². The van der Waals surface area contributed by atoms with Crippen molar-refractivity contribution in [2.24, 2.45) is 7.05 Å². The van der Waals surface area contributed by atoms with Crippen molar-refractivity contribution < 1.29 is 23.5 Å². The zero-order valence-corrected chi connectivity index (χ0v) is 18.9. The number of nitrogens with one attached hydrogen (secondary N) is 2. The third-order valence-corrected chi connectivity index (χ3v) is 4.84. The molecular formula is C20H20ClN7O6. The van der Waals surface area contributed by atoms with Gasteiger partial charge in [0.25, 0.3) is 5.91 Å². The molecule has 0 bridgehead atoms. The number of anilines is 1. The van der Waals surface area contributed by atoms with E-state index in [9.17, 15) is 19.2 Å². The van der Waals surface area contributed by atoms with Crippen LogP contribution in [0.5, 0.6) is 0 Å². The maximum Gasteiger partial charge on any atom is 0.419 e. The molecule has 0 saturated heterocycles. The number of halogens is 1. The van der Waals surface area contributed by atoms with E-state index in [2.05, 4.69) is 30.2 Å². The van der Waals surface area contributed by atoms with Gasteiger partial charge in [-0.25, -0.2) is 14.8 Å². The molecule has 178 valence electrons. The number of hydrogen-bond acceptors (Lipinski definition) is 10. The number of aryl methyl sites for hydroxylation is 1. The molecule has 4 aromatic rings. The van der Waals surface area contributed by atoms with E-state index in [1.165, 1.54) is 18.0 Å². The molecule has 1 amide bonds. The smallest absolute Gasteiger partial charge is 0.419 e. The fourth-order valence-electron chi connectivity index (χ4n) is 2.88. The molecule has 0 aliphatic rings. The third-order valence-electron chi connectivity index (χ3n) is 4.66. The Labute approximate surface area is 196 Å². The number of H-pyrrole nitrogens is 1. The standard InChI is InChI=1S/C15H13N7O3.C5H7ClO3/c1-22-8-4-7(2-3-9(8)25-15(22)24)5-17-14(23)12-10-11(18-6-19-12)13(16)21-20-10;1-9-5(8)3-2-4(6)7/h2-4,6H,5H2,1H3,(H,17,23)(H3,16,20,21);2-3H2,1H3. The van der Waals surface area contributed by atoms with Gasteiger partial charge in [-0.05, 0) is 29.3 Å². The van der Waals surface area contributed by atoms with Crippen LogP contribution in [-0.4, -0.2) is 49.0 Å². The number of carbonyl (C=O) groups is 3. The minimum absolute atomic E-state index is 0.0498. The Morgan fingerprint density at radius 2 is 2.03 bits per heavy atom. The van der Waals surface area contributed by atoms with Crippen LogP contribution in [-0.2, 0) is 27.9 Å². The lowest BCUT2D eigenvalue weighted by Gasteiger charge is -2.05. The van der Waals surface area contributed by atoms with Crippen LogP contribution in [0.4, 0.5) is 5.82 Å². The van der Waals surface area contributed by atoms with E-state index in [-0.39, 0.29) is 30.9 Å². The molecule has 14 heteroatoms. The molecule has 34 heavy (non-hydrogen) atoms. The highest BCUT2D eigenvalue weighted by atomic mass is 35.5. The number of aromatic amines is 1. The number of nitrogen functional groups attached to an aromatic ring is 1. The number of aromatic nitrogens is 5. The summed E-state index contributed by atoms with van der Waals surface area (Å²) in [5.74, 6) is -1.03. The van der Waals surface area contributed by atoms with E-state index in [0.717, 1.165) is 5.56 Å². The molecule has 4 N–H and O–H groups in total. The van der Waals surface area contributed by atoms with E-state index in [4.69, 9.17) is 21.8 Å². The van der Waals surface area contributed by atoms with Gasteiger partial charge in [0.1, 0.15) is 17.4 Å². The maximum atomic E-state index is 12.4. The predicted molar refractivity (Wildman–Crippen MR) is 121 cm³/mol. The summed E-state index contributed by atoms with van der Waals surface area (Å²) in [4.78, 5) is 52.2. The summed E-state index contributed by atoms with van der Waals surface area (Å²) < 4.78 is 10.7. The number of amides is 1. The Morgan fingerprint density at radius 3 is 2.74 bits per heavy atom. The van der Waals surface area contributed by atoms with Crippen LogP contribution in [0.3, 0.4) is 0 Å². The number of methoxy groups -OCH3 is 1. The maximum absolute atomic E-state index is 12.4. The first-order valence-electron chi connectivity index (χ1n) is 9.77. The number of hydrogen-bond donors (Lipinski definition) is 3. The molecule has 0 aliphatic carbocycles. The van der Waals surface area contributed by atoms with Crippen LogP contribution in [0.15, 0.2) is 33.7 Å². The molecular weight excluding hydrogens is 470 g/mol. The Hall–Kier alpha value is -4.26. The fourth-order valence-corrected chi connectivity index (χ4v) is 2.97. The van der Waals surface area contributed by atoms with E-state index < -0.39 is 22.9 Å². The molecule has 0 spiro atoms. The molecule has 0 atom stereocenters. The topological polar surface area (TPSA) is 188 Å². The summed E-state index contributed by atoms with van der Waals surface area (Å²) in [6.45, 7) is 0.253. The molecule has 0 fully saturated rings. The van der Waals surface area contributed by atoms with Crippen molar-refractivity contribution >= 4 is 56.7 Å². The van der Waals surface area contributed by atoms with E-state index >= 15 is 0 Å². The van der Waals surface area contributed by atoms with Gasteiger partial charge >= 0.3 is 11.7 Å². The zero-order chi connectivity index (χ0) is 24.8. The number of carbonyl (C=O) groups excluding carboxylic acids is 3.